The van der Waals surface area contributed by atoms with Gasteiger partial charge in [-0.15, -0.1) is 11.3 Å². The molecule has 3 rings (SSSR count). The number of H-pyrrole nitrogens is 1. The quantitative estimate of drug-likeness (QED) is 0.862. The Kier molecular flexibility index (Phi) is 3.79. The Hall–Kier alpha value is -0.990. The number of nitrogens with one attached hydrogen (secondary N) is 1. The molecule has 2 aromatic heterocycles. The first-order chi connectivity index (χ1) is 9.93. The van der Waals surface area contributed by atoms with Gasteiger partial charge in [-0.05, 0) is 37.0 Å². The first-order valence-electron chi connectivity index (χ1n) is 6.90. The number of rotatable bonds is 4. The van der Waals surface area contributed by atoms with Crippen molar-refractivity contribution in [2.45, 2.75) is 32.7 Å². The lowest BCUT2D eigenvalue weighted by molar-refractivity contribution is 0.587. The van der Waals surface area contributed by atoms with Crippen LogP contribution in [0.4, 0.5) is 0 Å². The summed E-state index contributed by atoms with van der Waals surface area (Å²) in [5.41, 5.74) is 0.970. The normalized spacial score (nSPS) is 14.7. The van der Waals surface area contributed by atoms with E-state index in [0.29, 0.717) is 10.2 Å². The second kappa shape index (κ2) is 5.33. The zero-order valence-corrected chi connectivity index (χ0v) is 14.1. The second-order valence-corrected chi connectivity index (χ2v) is 9.15. The van der Waals surface area contributed by atoms with Crippen LogP contribution in [-0.2, 0) is 29.2 Å². The van der Waals surface area contributed by atoms with Gasteiger partial charge in [0.15, 0.2) is 14.6 Å². The first-order valence-corrected chi connectivity index (χ1v) is 9.95. The average Bonchev–Trinajstić information content (AvgIpc) is 2.98. The second-order valence-electron chi connectivity index (χ2n) is 5.18. The van der Waals surface area contributed by atoms with Gasteiger partial charge in [-0.25, -0.2) is 8.42 Å². The number of nitrogens with zero attached hydrogens (tertiary/aromatic N) is 1. The number of hydrogen-bond acceptors (Lipinski definition) is 5. The molecular weight excluding hydrogens is 328 g/mol. The van der Waals surface area contributed by atoms with Crippen LogP contribution in [0.5, 0.6) is 0 Å². The topological polar surface area (TPSA) is 71.9 Å². The highest BCUT2D eigenvalue weighted by molar-refractivity contribution is 7.91. The van der Waals surface area contributed by atoms with E-state index in [9.17, 15) is 13.2 Å². The fourth-order valence-electron chi connectivity index (χ4n) is 2.69. The molecule has 0 unspecified atom stereocenters. The van der Waals surface area contributed by atoms with Crippen LogP contribution in [0.25, 0.3) is 10.2 Å². The molecule has 0 bridgehead atoms. The number of aryl methyl sites for hydroxylation is 2. The molecule has 0 aliphatic heterocycles. The molecule has 0 radical (unpaired) electrons. The largest absolute Gasteiger partial charge is 0.323 e. The molecule has 0 aromatic carbocycles. The minimum absolute atomic E-state index is 0.0568. The molecule has 0 spiro atoms. The fourth-order valence-corrected chi connectivity index (χ4v) is 5.06. The predicted octanol–water partition coefficient (Wildman–Crippen LogP) is 2.04. The van der Waals surface area contributed by atoms with Gasteiger partial charge in [-0.2, -0.15) is 0 Å². The van der Waals surface area contributed by atoms with E-state index in [4.69, 9.17) is 12.2 Å². The number of aromatic amines is 1. The van der Waals surface area contributed by atoms with Crippen molar-refractivity contribution in [3.63, 3.8) is 0 Å². The zero-order valence-electron chi connectivity index (χ0n) is 11.6. The Morgan fingerprint density at radius 1 is 1.38 bits per heavy atom. The minimum atomic E-state index is -3.12. The van der Waals surface area contributed by atoms with Crippen molar-refractivity contribution in [2.75, 3.05) is 11.5 Å². The van der Waals surface area contributed by atoms with Gasteiger partial charge >= 0.3 is 0 Å². The van der Waals surface area contributed by atoms with Crippen molar-refractivity contribution in [2.24, 2.45) is 0 Å². The first kappa shape index (κ1) is 14.9. The van der Waals surface area contributed by atoms with E-state index in [-0.39, 0.29) is 23.6 Å². The monoisotopic (exact) mass is 344 g/mol. The highest BCUT2D eigenvalue weighted by Crippen LogP contribution is 2.34. The summed E-state index contributed by atoms with van der Waals surface area (Å²) in [7, 11) is -3.12. The molecule has 1 N–H and O–H groups in total. The Morgan fingerprint density at radius 3 is 2.86 bits per heavy atom. The molecular formula is C13H16N2O3S3. The lowest BCUT2D eigenvalue weighted by atomic mass is 10.2. The lowest BCUT2D eigenvalue weighted by Gasteiger charge is -2.07. The summed E-state index contributed by atoms with van der Waals surface area (Å²) >= 11 is 6.82. The van der Waals surface area contributed by atoms with Crippen LogP contribution in [0.3, 0.4) is 0 Å². The average molecular weight is 344 g/mol. The number of aromatic nitrogens is 2. The van der Waals surface area contributed by atoms with Crippen LogP contribution in [0.1, 0.15) is 23.8 Å². The molecule has 0 fully saturated rings. The SMILES string of the molecule is CCS(=O)(=O)CCn1c(=S)[nH]c2sc3c(c2c1=O)CCC3. The van der Waals surface area contributed by atoms with E-state index in [2.05, 4.69) is 4.98 Å². The molecule has 114 valence electrons. The molecule has 0 atom stereocenters. The van der Waals surface area contributed by atoms with Crippen LogP contribution in [0.2, 0.25) is 0 Å². The predicted molar refractivity (Wildman–Crippen MR) is 87.6 cm³/mol. The summed E-state index contributed by atoms with van der Waals surface area (Å²) in [6, 6.07) is 0. The summed E-state index contributed by atoms with van der Waals surface area (Å²) in [6.07, 6.45) is 3.01. The summed E-state index contributed by atoms with van der Waals surface area (Å²) in [5.74, 6) is 0.0209. The third-order valence-electron chi connectivity index (χ3n) is 3.91. The van der Waals surface area contributed by atoms with Gasteiger partial charge in [0.2, 0.25) is 0 Å². The summed E-state index contributed by atoms with van der Waals surface area (Å²) < 4.78 is 25.0. The Morgan fingerprint density at radius 2 is 2.14 bits per heavy atom. The maximum Gasteiger partial charge on any atom is 0.263 e. The Balaban J connectivity index is 2.11. The smallest absolute Gasteiger partial charge is 0.263 e. The number of thiophene rings is 1. The van der Waals surface area contributed by atoms with E-state index < -0.39 is 9.84 Å². The van der Waals surface area contributed by atoms with Crippen molar-refractivity contribution in [3.05, 3.63) is 25.6 Å². The molecule has 1 aliphatic carbocycles. The highest BCUT2D eigenvalue weighted by Gasteiger charge is 2.21. The van der Waals surface area contributed by atoms with Gasteiger partial charge in [0.25, 0.3) is 5.56 Å². The van der Waals surface area contributed by atoms with Gasteiger partial charge in [-0.3, -0.25) is 9.36 Å². The molecule has 21 heavy (non-hydrogen) atoms. The highest BCUT2D eigenvalue weighted by atomic mass is 32.2. The van der Waals surface area contributed by atoms with E-state index >= 15 is 0 Å². The van der Waals surface area contributed by atoms with E-state index in [1.165, 1.54) is 9.44 Å². The molecule has 2 aromatic rings. The fraction of sp³-hybridized carbons (Fsp3) is 0.538. The van der Waals surface area contributed by atoms with Crippen molar-refractivity contribution >= 4 is 43.6 Å². The lowest BCUT2D eigenvalue weighted by Crippen LogP contribution is -2.26. The van der Waals surface area contributed by atoms with Crippen LogP contribution in [0, 0.1) is 4.77 Å². The third-order valence-corrected chi connectivity index (χ3v) is 7.13. The van der Waals surface area contributed by atoms with E-state index in [1.807, 2.05) is 0 Å². The van der Waals surface area contributed by atoms with Crippen molar-refractivity contribution in [1.82, 2.24) is 9.55 Å². The molecule has 0 saturated carbocycles. The Labute approximate surface area is 131 Å². The number of hydrogen-bond donors (Lipinski definition) is 1. The van der Waals surface area contributed by atoms with Gasteiger partial charge < -0.3 is 4.98 Å². The third kappa shape index (κ3) is 2.60. The molecule has 8 heteroatoms. The minimum Gasteiger partial charge on any atom is -0.323 e. The van der Waals surface area contributed by atoms with Crippen LogP contribution < -0.4 is 5.56 Å². The molecule has 0 amide bonds. The summed E-state index contributed by atoms with van der Waals surface area (Å²) in [4.78, 5) is 17.8. The van der Waals surface area contributed by atoms with Crippen molar-refractivity contribution in [1.29, 1.82) is 0 Å². The number of fused-ring (bicyclic) bond motifs is 3. The number of sulfone groups is 1. The van der Waals surface area contributed by atoms with Gasteiger partial charge in [0.1, 0.15) is 4.83 Å². The van der Waals surface area contributed by atoms with Gasteiger partial charge in [0.05, 0.1) is 11.1 Å². The van der Waals surface area contributed by atoms with Gasteiger partial charge in [-0.1, -0.05) is 6.92 Å². The molecule has 5 nitrogen and oxygen atoms in total. The molecule has 0 saturated heterocycles. The standard InChI is InChI=1S/C13H16N2O3S3/c1-2-21(17,18)7-6-15-12(16)10-8-4-3-5-9(8)20-11(10)14-13(15)19/h2-7H2,1H3,(H,14,19). The maximum absolute atomic E-state index is 12.7. The molecule has 1 aliphatic rings. The molecule has 2 heterocycles. The van der Waals surface area contributed by atoms with Crippen LogP contribution >= 0.6 is 23.6 Å². The van der Waals surface area contributed by atoms with E-state index in [1.54, 1.807) is 18.3 Å². The maximum atomic E-state index is 12.7. The van der Waals surface area contributed by atoms with E-state index in [0.717, 1.165) is 29.7 Å². The summed E-state index contributed by atoms with van der Waals surface area (Å²) in [6.45, 7) is 1.72. The van der Waals surface area contributed by atoms with Crippen molar-refractivity contribution < 1.29 is 8.42 Å². The summed E-state index contributed by atoms with van der Waals surface area (Å²) in [5, 5.41) is 0.704. The van der Waals surface area contributed by atoms with Crippen LogP contribution in [0.15, 0.2) is 4.79 Å². The van der Waals surface area contributed by atoms with Crippen molar-refractivity contribution in [3.8, 4) is 0 Å². The Bertz CT molecular complexity index is 919. The van der Waals surface area contributed by atoms with Crippen LogP contribution in [-0.4, -0.2) is 29.5 Å². The van der Waals surface area contributed by atoms with Gasteiger partial charge in [0, 0.05) is 17.2 Å². The zero-order chi connectivity index (χ0) is 15.2.